The molecule has 0 radical (unpaired) electrons. The maximum Gasteiger partial charge on any atom is 0.0933 e. The molecule has 0 aromatic heterocycles. The summed E-state index contributed by atoms with van der Waals surface area (Å²) in [4.78, 5) is 5.44. The second-order valence-electron chi connectivity index (χ2n) is 4.76. The molecule has 1 N–H and O–H groups in total. The molecular weight excluding hydrogens is 186 g/mol. The van der Waals surface area contributed by atoms with Crippen LogP contribution >= 0.6 is 0 Å². The Bertz CT molecular complexity index is 293. The maximum absolute atomic E-state index is 5.44. The SMILES string of the molecule is CC1(CNOCc2ccccc2)CCC1. The van der Waals surface area contributed by atoms with E-state index in [0.29, 0.717) is 12.0 Å². The molecule has 0 unspecified atom stereocenters. The highest BCUT2D eigenvalue weighted by Crippen LogP contribution is 2.39. The lowest BCUT2D eigenvalue weighted by atomic mass is 9.71. The van der Waals surface area contributed by atoms with Crippen LogP contribution in [0.1, 0.15) is 31.7 Å². The molecule has 2 nitrogen and oxygen atoms in total. The van der Waals surface area contributed by atoms with E-state index in [2.05, 4.69) is 24.5 Å². The highest BCUT2D eigenvalue weighted by Gasteiger charge is 2.31. The molecule has 0 atom stereocenters. The number of hydroxylamine groups is 1. The van der Waals surface area contributed by atoms with Gasteiger partial charge in [0.25, 0.3) is 0 Å². The van der Waals surface area contributed by atoms with E-state index in [1.54, 1.807) is 0 Å². The van der Waals surface area contributed by atoms with Crippen LogP contribution < -0.4 is 5.48 Å². The van der Waals surface area contributed by atoms with Crippen molar-refractivity contribution in [1.82, 2.24) is 5.48 Å². The highest BCUT2D eigenvalue weighted by molar-refractivity contribution is 5.13. The largest absolute Gasteiger partial charge is 0.297 e. The van der Waals surface area contributed by atoms with Gasteiger partial charge in [0.05, 0.1) is 6.61 Å². The molecule has 0 heterocycles. The van der Waals surface area contributed by atoms with E-state index in [0.717, 1.165) is 6.54 Å². The molecule has 0 amide bonds. The zero-order valence-corrected chi connectivity index (χ0v) is 9.33. The third-order valence-electron chi connectivity index (χ3n) is 3.24. The van der Waals surface area contributed by atoms with Gasteiger partial charge in [-0.1, -0.05) is 43.7 Å². The van der Waals surface area contributed by atoms with Gasteiger partial charge in [0.1, 0.15) is 0 Å². The van der Waals surface area contributed by atoms with Crippen molar-refractivity contribution < 1.29 is 4.84 Å². The van der Waals surface area contributed by atoms with Crippen LogP contribution in [-0.4, -0.2) is 6.54 Å². The Morgan fingerprint density at radius 3 is 2.60 bits per heavy atom. The predicted octanol–water partition coefficient (Wildman–Crippen LogP) is 2.90. The second kappa shape index (κ2) is 4.77. The summed E-state index contributed by atoms with van der Waals surface area (Å²) in [5.41, 5.74) is 4.77. The van der Waals surface area contributed by atoms with Crippen LogP contribution in [0.4, 0.5) is 0 Å². The molecule has 1 aromatic carbocycles. The lowest BCUT2D eigenvalue weighted by molar-refractivity contribution is -0.0102. The first-order valence-electron chi connectivity index (χ1n) is 5.67. The second-order valence-corrected chi connectivity index (χ2v) is 4.76. The van der Waals surface area contributed by atoms with E-state index in [1.807, 2.05) is 18.2 Å². The maximum atomic E-state index is 5.44. The Kier molecular flexibility index (Phi) is 3.39. The molecule has 1 fully saturated rings. The van der Waals surface area contributed by atoms with Crippen LogP contribution in [0.3, 0.4) is 0 Å². The Balaban J connectivity index is 1.63. The van der Waals surface area contributed by atoms with E-state index in [1.165, 1.54) is 24.8 Å². The number of nitrogens with one attached hydrogen (secondary N) is 1. The molecule has 0 aliphatic heterocycles. The summed E-state index contributed by atoms with van der Waals surface area (Å²) in [5.74, 6) is 0. The molecule has 2 rings (SSSR count). The number of benzene rings is 1. The van der Waals surface area contributed by atoms with Crippen LogP contribution in [0.2, 0.25) is 0 Å². The first kappa shape index (κ1) is 10.7. The molecule has 15 heavy (non-hydrogen) atoms. The molecule has 1 aliphatic carbocycles. The highest BCUT2D eigenvalue weighted by atomic mass is 16.6. The third-order valence-corrected chi connectivity index (χ3v) is 3.24. The quantitative estimate of drug-likeness (QED) is 0.589. The van der Waals surface area contributed by atoms with Gasteiger partial charge in [-0.25, -0.2) is 5.48 Å². The van der Waals surface area contributed by atoms with Crippen molar-refractivity contribution in [2.75, 3.05) is 6.54 Å². The van der Waals surface area contributed by atoms with E-state index >= 15 is 0 Å². The number of hydrogen-bond donors (Lipinski definition) is 1. The normalized spacial score (nSPS) is 18.5. The minimum atomic E-state index is 0.483. The minimum absolute atomic E-state index is 0.483. The topological polar surface area (TPSA) is 21.3 Å². The Morgan fingerprint density at radius 1 is 1.27 bits per heavy atom. The number of hydrogen-bond acceptors (Lipinski definition) is 2. The van der Waals surface area contributed by atoms with Gasteiger partial charge in [-0.2, -0.15) is 0 Å². The Morgan fingerprint density at radius 2 is 2.00 bits per heavy atom. The summed E-state index contributed by atoms with van der Waals surface area (Å²) in [6.45, 7) is 3.94. The van der Waals surface area contributed by atoms with Crippen LogP contribution in [0, 0.1) is 5.41 Å². The molecule has 1 aliphatic rings. The standard InChI is InChI=1S/C13H19NO/c1-13(8-5-9-13)11-14-15-10-12-6-3-2-4-7-12/h2-4,6-7,14H,5,8-11H2,1H3. The fourth-order valence-electron chi connectivity index (χ4n) is 1.89. The molecule has 82 valence electrons. The van der Waals surface area contributed by atoms with Gasteiger partial charge in [-0.3, -0.25) is 4.84 Å². The first-order valence-corrected chi connectivity index (χ1v) is 5.67. The van der Waals surface area contributed by atoms with Gasteiger partial charge in [0.2, 0.25) is 0 Å². The van der Waals surface area contributed by atoms with Gasteiger partial charge < -0.3 is 0 Å². The van der Waals surface area contributed by atoms with Crippen LogP contribution in [0.15, 0.2) is 30.3 Å². The fourth-order valence-corrected chi connectivity index (χ4v) is 1.89. The Hall–Kier alpha value is -0.860. The molecule has 1 saturated carbocycles. The van der Waals surface area contributed by atoms with Gasteiger partial charge in [-0.05, 0) is 23.8 Å². The summed E-state index contributed by atoms with van der Waals surface area (Å²) < 4.78 is 0. The van der Waals surface area contributed by atoms with Crippen LogP contribution in [0.5, 0.6) is 0 Å². The molecule has 0 bridgehead atoms. The van der Waals surface area contributed by atoms with E-state index in [9.17, 15) is 0 Å². The molecule has 0 spiro atoms. The summed E-state index contributed by atoms with van der Waals surface area (Å²) in [6.07, 6.45) is 4.03. The zero-order valence-electron chi connectivity index (χ0n) is 9.33. The molecule has 1 aromatic rings. The van der Waals surface area contributed by atoms with Gasteiger partial charge in [-0.15, -0.1) is 0 Å². The van der Waals surface area contributed by atoms with Crippen molar-refractivity contribution in [3.05, 3.63) is 35.9 Å². The first-order chi connectivity index (χ1) is 7.29. The summed E-state index contributed by atoms with van der Waals surface area (Å²) >= 11 is 0. The average molecular weight is 205 g/mol. The summed E-state index contributed by atoms with van der Waals surface area (Å²) in [5, 5.41) is 0. The minimum Gasteiger partial charge on any atom is -0.297 e. The lowest BCUT2D eigenvalue weighted by Crippen LogP contribution is -2.37. The summed E-state index contributed by atoms with van der Waals surface area (Å²) in [6, 6.07) is 10.2. The van der Waals surface area contributed by atoms with E-state index in [4.69, 9.17) is 4.84 Å². The van der Waals surface area contributed by atoms with Crippen LogP contribution in [0.25, 0.3) is 0 Å². The predicted molar refractivity (Wildman–Crippen MR) is 61.2 cm³/mol. The van der Waals surface area contributed by atoms with Crippen molar-refractivity contribution in [3.8, 4) is 0 Å². The van der Waals surface area contributed by atoms with Crippen molar-refractivity contribution >= 4 is 0 Å². The lowest BCUT2D eigenvalue weighted by Gasteiger charge is -2.38. The zero-order chi connectivity index (χ0) is 10.6. The van der Waals surface area contributed by atoms with Crippen molar-refractivity contribution in [3.63, 3.8) is 0 Å². The van der Waals surface area contributed by atoms with Crippen molar-refractivity contribution in [2.45, 2.75) is 32.8 Å². The monoisotopic (exact) mass is 205 g/mol. The van der Waals surface area contributed by atoms with E-state index < -0.39 is 0 Å². The Labute approximate surface area is 91.6 Å². The number of rotatable bonds is 5. The fraction of sp³-hybridized carbons (Fsp3) is 0.538. The summed E-state index contributed by atoms with van der Waals surface area (Å²) in [7, 11) is 0. The average Bonchev–Trinajstić information content (AvgIpc) is 2.23. The molecular formula is C13H19NO. The van der Waals surface area contributed by atoms with Crippen molar-refractivity contribution in [2.24, 2.45) is 5.41 Å². The molecule has 2 heteroatoms. The van der Waals surface area contributed by atoms with Crippen molar-refractivity contribution in [1.29, 1.82) is 0 Å². The van der Waals surface area contributed by atoms with E-state index in [-0.39, 0.29) is 0 Å². The van der Waals surface area contributed by atoms with Gasteiger partial charge >= 0.3 is 0 Å². The third kappa shape index (κ3) is 3.05. The van der Waals surface area contributed by atoms with Gasteiger partial charge in [0, 0.05) is 6.54 Å². The molecule has 0 saturated heterocycles. The van der Waals surface area contributed by atoms with Crippen LogP contribution in [-0.2, 0) is 11.4 Å². The van der Waals surface area contributed by atoms with Gasteiger partial charge in [0.15, 0.2) is 0 Å². The smallest absolute Gasteiger partial charge is 0.0933 e.